The van der Waals surface area contributed by atoms with Crippen LogP contribution in [0.4, 0.5) is 0 Å². The number of pyridine rings is 1. The first-order chi connectivity index (χ1) is 14.1. The summed E-state index contributed by atoms with van der Waals surface area (Å²) >= 11 is 1.70. The molecule has 1 aromatic carbocycles. The molecule has 1 unspecified atom stereocenters. The molecule has 1 fully saturated rings. The molecule has 1 atom stereocenters. The lowest BCUT2D eigenvalue weighted by atomic mass is 10.0. The number of nitrogens with zero attached hydrogens (tertiary/aromatic N) is 3. The lowest BCUT2D eigenvalue weighted by Crippen LogP contribution is -2.22. The molecule has 4 rings (SSSR count). The second-order valence-electron chi connectivity index (χ2n) is 7.96. The summed E-state index contributed by atoms with van der Waals surface area (Å²) in [5, 5.41) is 0.940. The summed E-state index contributed by atoms with van der Waals surface area (Å²) in [6.07, 6.45) is 7.64. The SMILES string of the molecule is CC(=O)Cc1ncc(C2CCCN2Cc2ccc(Cc3ccnc(C)c3)cc2)s1. The number of aromatic nitrogens is 2. The fourth-order valence-corrected chi connectivity index (χ4v) is 5.22. The van der Waals surface area contributed by atoms with Crippen molar-refractivity contribution in [1.29, 1.82) is 0 Å². The Kier molecular flexibility index (Phi) is 6.16. The number of hydrogen-bond acceptors (Lipinski definition) is 5. The summed E-state index contributed by atoms with van der Waals surface area (Å²) in [7, 11) is 0. The van der Waals surface area contributed by atoms with Gasteiger partial charge in [0.2, 0.25) is 0 Å². The lowest BCUT2D eigenvalue weighted by molar-refractivity contribution is -0.116. The Morgan fingerprint density at radius 1 is 1.14 bits per heavy atom. The summed E-state index contributed by atoms with van der Waals surface area (Å²) in [6, 6.07) is 13.7. The van der Waals surface area contributed by atoms with Crippen molar-refractivity contribution in [3.63, 3.8) is 0 Å². The van der Waals surface area contributed by atoms with Crippen molar-refractivity contribution in [2.75, 3.05) is 6.54 Å². The number of ketones is 1. The average Bonchev–Trinajstić information content (AvgIpc) is 3.32. The first kappa shape index (κ1) is 19.9. The van der Waals surface area contributed by atoms with E-state index in [2.05, 4.69) is 51.3 Å². The van der Waals surface area contributed by atoms with E-state index in [1.165, 1.54) is 34.4 Å². The van der Waals surface area contributed by atoms with Crippen LogP contribution < -0.4 is 0 Å². The molecule has 0 aliphatic carbocycles. The summed E-state index contributed by atoms with van der Waals surface area (Å²) < 4.78 is 0. The molecule has 3 heterocycles. The van der Waals surface area contributed by atoms with Crippen LogP contribution in [0.25, 0.3) is 0 Å². The van der Waals surface area contributed by atoms with Crippen LogP contribution in [0.3, 0.4) is 0 Å². The van der Waals surface area contributed by atoms with E-state index in [-0.39, 0.29) is 5.78 Å². The number of carbonyl (C=O) groups excluding carboxylic acids is 1. The highest BCUT2D eigenvalue weighted by Gasteiger charge is 2.27. The molecule has 2 aromatic heterocycles. The van der Waals surface area contributed by atoms with E-state index in [0.717, 1.165) is 30.2 Å². The van der Waals surface area contributed by atoms with Crippen LogP contribution in [0.2, 0.25) is 0 Å². The van der Waals surface area contributed by atoms with E-state index in [0.29, 0.717) is 12.5 Å². The molecule has 3 aromatic rings. The van der Waals surface area contributed by atoms with Crippen LogP contribution >= 0.6 is 11.3 Å². The van der Waals surface area contributed by atoms with Crippen LogP contribution in [0.5, 0.6) is 0 Å². The second-order valence-corrected chi connectivity index (χ2v) is 9.11. The minimum atomic E-state index is 0.177. The first-order valence-corrected chi connectivity index (χ1v) is 11.1. The molecule has 5 heteroatoms. The van der Waals surface area contributed by atoms with Gasteiger partial charge in [-0.25, -0.2) is 4.98 Å². The molecular weight excluding hydrogens is 378 g/mol. The molecule has 0 bridgehead atoms. The molecule has 0 saturated carbocycles. The number of rotatable bonds is 7. The number of hydrogen-bond donors (Lipinski definition) is 0. The average molecular weight is 406 g/mol. The van der Waals surface area contributed by atoms with Crippen LogP contribution in [-0.4, -0.2) is 27.2 Å². The smallest absolute Gasteiger partial charge is 0.136 e. The Balaban J connectivity index is 1.40. The van der Waals surface area contributed by atoms with Crippen LogP contribution in [-0.2, 0) is 24.2 Å². The number of benzene rings is 1. The van der Waals surface area contributed by atoms with E-state index in [1.54, 1.807) is 18.3 Å². The summed E-state index contributed by atoms with van der Waals surface area (Å²) in [6.45, 7) is 5.73. The predicted octanol–water partition coefficient (Wildman–Crippen LogP) is 4.91. The zero-order chi connectivity index (χ0) is 20.2. The van der Waals surface area contributed by atoms with E-state index < -0.39 is 0 Å². The quantitative estimate of drug-likeness (QED) is 0.560. The predicted molar refractivity (Wildman–Crippen MR) is 117 cm³/mol. The van der Waals surface area contributed by atoms with Crippen molar-refractivity contribution in [1.82, 2.24) is 14.9 Å². The van der Waals surface area contributed by atoms with Crippen molar-refractivity contribution < 1.29 is 4.79 Å². The van der Waals surface area contributed by atoms with Gasteiger partial charge in [-0.2, -0.15) is 0 Å². The molecule has 1 aliphatic heterocycles. The molecule has 0 spiro atoms. The van der Waals surface area contributed by atoms with Gasteiger partial charge in [0.05, 0.1) is 6.42 Å². The Morgan fingerprint density at radius 2 is 1.93 bits per heavy atom. The maximum atomic E-state index is 11.4. The van der Waals surface area contributed by atoms with Crippen molar-refractivity contribution in [3.8, 4) is 0 Å². The van der Waals surface area contributed by atoms with Crippen molar-refractivity contribution in [2.45, 2.75) is 52.1 Å². The van der Waals surface area contributed by atoms with Gasteiger partial charge in [-0.3, -0.25) is 14.7 Å². The molecule has 4 nitrogen and oxygen atoms in total. The van der Waals surface area contributed by atoms with Gasteiger partial charge in [-0.1, -0.05) is 24.3 Å². The van der Waals surface area contributed by atoms with Gasteiger partial charge in [0.1, 0.15) is 10.8 Å². The van der Waals surface area contributed by atoms with E-state index >= 15 is 0 Å². The summed E-state index contributed by atoms with van der Waals surface area (Å²) in [5.41, 5.74) is 5.04. The third-order valence-corrected chi connectivity index (χ3v) is 6.54. The fourth-order valence-electron chi connectivity index (χ4n) is 4.06. The van der Waals surface area contributed by atoms with E-state index in [4.69, 9.17) is 0 Å². The molecule has 1 aliphatic rings. The van der Waals surface area contributed by atoms with Crippen molar-refractivity contribution in [2.24, 2.45) is 0 Å². The molecule has 0 amide bonds. The Hall–Kier alpha value is -2.37. The van der Waals surface area contributed by atoms with Gasteiger partial charge in [-0.15, -0.1) is 11.3 Å². The van der Waals surface area contributed by atoms with Gasteiger partial charge in [0.15, 0.2) is 0 Å². The summed E-state index contributed by atoms with van der Waals surface area (Å²) in [4.78, 5) is 23.9. The Labute approximate surface area is 176 Å². The summed E-state index contributed by atoms with van der Waals surface area (Å²) in [5.74, 6) is 0.177. The maximum Gasteiger partial charge on any atom is 0.136 e. The number of Topliss-reactive ketones (excluding diaryl/α,β-unsaturated/α-hetero) is 1. The zero-order valence-corrected chi connectivity index (χ0v) is 17.9. The monoisotopic (exact) mass is 405 g/mol. The highest BCUT2D eigenvalue weighted by molar-refractivity contribution is 7.11. The second kappa shape index (κ2) is 8.97. The van der Waals surface area contributed by atoms with Crippen LogP contribution in [0, 0.1) is 6.92 Å². The Bertz CT molecular complexity index is 980. The molecule has 0 radical (unpaired) electrons. The van der Waals surface area contributed by atoms with Gasteiger partial charge >= 0.3 is 0 Å². The lowest BCUT2D eigenvalue weighted by Gasteiger charge is -2.23. The highest BCUT2D eigenvalue weighted by Crippen LogP contribution is 2.36. The maximum absolute atomic E-state index is 11.4. The van der Waals surface area contributed by atoms with E-state index in [9.17, 15) is 4.79 Å². The standard InChI is InChI=1S/C24H27N3OS/c1-17-12-21(9-10-25-17)14-19-5-7-20(8-6-19)16-27-11-3-4-22(27)23-15-26-24(29-23)13-18(2)28/h5-10,12,15,22H,3-4,11,13-14,16H2,1-2H3. The molecule has 0 N–H and O–H groups in total. The van der Waals surface area contributed by atoms with Crippen LogP contribution in [0.1, 0.15) is 58.1 Å². The van der Waals surface area contributed by atoms with Crippen molar-refractivity contribution >= 4 is 17.1 Å². The van der Waals surface area contributed by atoms with Gasteiger partial charge in [0, 0.05) is 35.6 Å². The van der Waals surface area contributed by atoms with Gasteiger partial charge < -0.3 is 0 Å². The first-order valence-electron chi connectivity index (χ1n) is 10.2. The highest BCUT2D eigenvalue weighted by atomic mass is 32.1. The van der Waals surface area contributed by atoms with Crippen LogP contribution in [0.15, 0.2) is 48.8 Å². The number of carbonyl (C=O) groups is 1. The van der Waals surface area contributed by atoms with Crippen molar-refractivity contribution in [3.05, 3.63) is 81.1 Å². The number of aryl methyl sites for hydroxylation is 1. The fraction of sp³-hybridized carbons (Fsp3) is 0.375. The molecule has 150 valence electrons. The topological polar surface area (TPSA) is 46.1 Å². The third-order valence-electron chi connectivity index (χ3n) is 5.44. The Morgan fingerprint density at radius 3 is 2.69 bits per heavy atom. The zero-order valence-electron chi connectivity index (χ0n) is 17.1. The third kappa shape index (κ3) is 5.17. The minimum Gasteiger partial charge on any atom is -0.300 e. The largest absolute Gasteiger partial charge is 0.300 e. The van der Waals surface area contributed by atoms with Gasteiger partial charge in [0.25, 0.3) is 0 Å². The minimum absolute atomic E-state index is 0.177. The number of thiazole rings is 1. The number of likely N-dealkylation sites (tertiary alicyclic amines) is 1. The molecule has 29 heavy (non-hydrogen) atoms. The molecular formula is C24H27N3OS. The normalized spacial score (nSPS) is 17.0. The molecule has 1 saturated heterocycles. The van der Waals surface area contributed by atoms with Gasteiger partial charge in [-0.05, 0) is 68.5 Å². The van der Waals surface area contributed by atoms with E-state index in [1.807, 2.05) is 19.3 Å².